The van der Waals surface area contributed by atoms with Crippen LogP contribution in [0.15, 0.2) is 48.5 Å². The Hall–Kier alpha value is -1.90. The van der Waals surface area contributed by atoms with E-state index in [2.05, 4.69) is 0 Å². The summed E-state index contributed by atoms with van der Waals surface area (Å²) in [6.45, 7) is 3.73. The van der Waals surface area contributed by atoms with Crippen LogP contribution in [0.5, 0.6) is 0 Å². The zero-order valence-corrected chi connectivity index (χ0v) is 15.8. The number of esters is 1. The summed E-state index contributed by atoms with van der Waals surface area (Å²) in [6, 6.07) is 14.1. The average Bonchev–Trinajstić information content (AvgIpc) is 2.58. The molecule has 2 rings (SSSR count). The zero-order valence-electron chi connectivity index (χ0n) is 13.6. The van der Waals surface area contributed by atoms with E-state index in [1.165, 1.54) is 0 Å². The molecule has 0 radical (unpaired) electrons. The number of halogens is 1. The van der Waals surface area contributed by atoms with Gasteiger partial charge in [0.25, 0.3) is 0 Å². The van der Waals surface area contributed by atoms with E-state index >= 15 is 0 Å². The highest BCUT2D eigenvalue weighted by molar-refractivity contribution is 7.00. The lowest BCUT2D eigenvalue weighted by atomic mass is 9.89. The minimum absolute atomic E-state index is 0.219. The fourth-order valence-corrected chi connectivity index (χ4v) is 2.67. The molecular weight excluding hydrogens is 347 g/mol. The van der Waals surface area contributed by atoms with Gasteiger partial charge in [-0.3, -0.25) is 9.59 Å². The van der Waals surface area contributed by atoms with Gasteiger partial charge in [-0.1, -0.05) is 54.1 Å². The lowest BCUT2D eigenvalue weighted by molar-refractivity contribution is -0.143. The van der Waals surface area contributed by atoms with Gasteiger partial charge in [-0.2, -0.15) is 0 Å². The molecule has 0 heterocycles. The number of aryl methyl sites for hydroxylation is 1. The molecule has 0 fully saturated rings. The molecule has 0 amide bonds. The third-order valence-corrected chi connectivity index (χ3v) is 3.70. The molecule has 6 heteroatoms. The van der Waals surface area contributed by atoms with Gasteiger partial charge in [-0.15, -0.1) is 0 Å². The van der Waals surface area contributed by atoms with Crippen molar-refractivity contribution in [1.82, 2.24) is 0 Å². The smallest absolute Gasteiger partial charge is 0.321 e. The first kappa shape index (κ1) is 20.1. The van der Waals surface area contributed by atoms with Crippen molar-refractivity contribution in [3.05, 3.63) is 70.2 Å². The SMILES string of the molecule is CCOC(=O)C(C(=O)c1c(C)cccc1Cl)c1ccccc1.O=[PH3]. The van der Waals surface area contributed by atoms with Crippen LogP contribution in [0, 0.1) is 6.92 Å². The van der Waals surface area contributed by atoms with Crippen molar-refractivity contribution in [3.8, 4) is 0 Å². The molecule has 0 aliphatic heterocycles. The van der Waals surface area contributed by atoms with Gasteiger partial charge in [0.1, 0.15) is 5.92 Å². The second kappa shape index (κ2) is 10.1. The van der Waals surface area contributed by atoms with Crippen LogP contribution in [0.4, 0.5) is 0 Å². The number of benzene rings is 2. The third kappa shape index (κ3) is 4.80. The number of ether oxygens (including phenoxy) is 1. The lowest BCUT2D eigenvalue weighted by Crippen LogP contribution is -2.25. The Balaban J connectivity index is 0.00000139. The monoisotopic (exact) mass is 366 g/mol. The van der Waals surface area contributed by atoms with Crippen molar-refractivity contribution in [2.45, 2.75) is 19.8 Å². The van der Waals surface area contributed by atoms with Crippen LogP contribution in [-0.2, 0) is 14.1 Å². The van der Waals surface area contributed by atoms with E-state index in [0.717, 1.165) is 5.56 Å². The van der Waals surface area contributed by atoms with Crippen LogP contribution in [0.25, 0.3) is 0 Å². The van der Waals surface area contributed by atoms with E-state index in [4.69, 9.17) is 20.9 Å². The summed E-state index contributed by atoms with van der Waals surface area (Å²) in [6.07, 6.45) is 0. The zero-order chi connectivity index (χ0) is 18.1. The average molecular weight is 367 g/mol. The summed E-state index contributed by atoms with van der Waals surface area (Å²) in [5.41, 5.74) is 1.71. The Morgan fingerprint density at radius 3 is 2.25 bits per heavy atom. The quantitative estimate of drug-likeness (QED) is 0.346. The van der Waals surface area contributed by atoms with Crippen molar-refractivity contribution in [3.63, 3.8) is 0 Å². The topological polar surface area (TPSA) is 60.4 Å². The number of hydrogen-bond donors (Lipinski definition) is 0. The van der Waals surface area contributed by atoms with Crippen LogP contribution < -0.4 is 0 Å². The maximum atomic E-state index is 12.9. The maximum absolute atomic E-state index is 12.9. The van der Waals surface area contributed by atoms with Crippen molar-refractivity contribution in [2.75, 3.05) is 6.61 Å². The van der Waals surface area contributed by atoms with E-state index in [1.54, 1.807) is 56.3 Å². The van der Waals surface area contributed by atoms with Gasteiger partial charge in [-0.05, 0) is 31.0 Å². The number of hydrogen-bond acceptors (Lipinski definition) is 4. The molecule has 0 saturated carbocycles. The predicted octanol–water partition coefficient (Wildman–Crippen LogP) is 4.12. The number of carbonyl (C=O) groups excluding carboxylic acids is 2. The van der Waals surface area contributed by atoms with Crippen LogP contribution in [0.2, 0.25) is 5.02 Å². The molecule has 2 atom stereocenters. The Kier molecular flexibility index (Phi) is 8.45. The summed E-state index contributed by atoms with van der Waals surface area (Å²) in [5.74, 6) is -1.90. The summed E-state index contributed by atoms with van der Waals surface area (Å²) in [7, 11) is 0.611. The molecule has 0 N–H and O–H groups in total. The number of rotatable bonds is 5. The Bertz CT molecular complexity index is 683. The highest BCUT2D eigenvalue weighted by Gasteiger charge is 2.32. The van der Waals surface area contributed by atoms with Crippen molar-refractivity contribution in [1.29, 1.82) is 0 Å². The minimum atomic E-state index is -1.00. The van der Waals surface area contributed by atoms with Crippen molar-refractivity contribution >= 4 is 32.5 Å². The van der Waals surface area contributed by atoms with Crippen LogP contribution in [0.1, 0.15) is 34.3 Å². The summed E-state index contributed by atoms with van der Waals surface area (Å²) >= 11 is 6.16. The van der Waals surface area contributed by atoms with Gasteiger partial charge >= 0.3 is 5.97 Å². The first-order valence-electron chi connectivity index (χ1n) is 7.36. The van der Waals surface area contributed by atoms with Crippen LogP contribution in [0.3, 0.4) is 0 Å². The van der Waals surface area contributed by atoms with E-state index in [-0.39, 0.29) is 12.4 Å². The van der Waals surface area contributed by atoms with Crippen molar-refractivity contribution in [2.24, 2.45) is 0 Å². The predicted molar refractivity (Wildman–Crippen MR) is 98.1 cm³/mol. The maximum Gasteiger partial charge on any atom is 0.321 e. The Morgan fingerprint density at radius 2 is 1.71 bits per heavy atom. The molecule has 0 aliphatic carbocycles. The Morgan fingerprint density at radius 1 is 1.08 bits per heavy atom. The first-order valence-corrected chi connectivity index (χ1v) is 8.31. The fourth-order valence-electron chi connectivity index (χ4n) is 2.35. The van der Waals surface area contributed by atoms with Gasteiger partial charge in [0.05, 0.1) is 20.7 Å². The van der Waals surface area contributed by atoms with Crippen LogP contribution >= 0.6 is 20.7 Å². The van der Waals surface area contributed by atoms with Gasteiger partial charge < -0.3 is 9.30 Å². The van der Waals surface area contributed by atoms with Gasteiger partial charge in [-0.25, -0.2) is 0 Å². The first-order chi connectivity index (χ1) is 11.6. The summed E-state index contributed by atoms with van der Waals surface area (Å²) < 4.78 is 13.4. The largest absolute Gasteiger partial charge is 0.465 e. The summed E-state index contributed by atoms with van der Waals surface area (Å²) in [4.78, 5) is 25.2. The second-order valence-corrected chi connectivity index (χ2v) is 5.30. The molecule has 0 aliphatic rings. The highest BCUT2D eigenvalue weighted by atomic mass is 35.5. The van der Waals surface area contributed by atoms with Gasteiger partial charge in [0, 0.05) is 5.56 Å². The Labute approximate surface area is 148 Å². The van der Waals surface area contributed by atoms with Gasteiger partial charge in [0.15, 0.2) is 5.78 Å². The molecule has 4 nitrogen and oxygen atoms in total. The number of ketones is 1. The molecule has 0 bridgehead atoms. The fraction of sp³-hybridized carbons (Fsp3) is 0.222. The molecule has 0 aromatic heterocycles. The number of carbonyl (C=O) groups is 2. The molecule has 0 saturated heterocycles. The third-order valence-electron chi connectivity index (χ3n) is 3.39. The molecule has 2 aromatic rings. The number of Topliss-reactive ketones (excluding diaryl/α,β-unsaturated/α-hetero) is 1. The van der Waals surface area contributed by atoms with E-state index < -0.39 is 11.9 Å². The lowest BCUT2D eigenvalue weighted by Gasteiger charge is -2.17. The van der Waals surface area contributed by atoms with E-state index in [1.807, 2.05) is 6.07 Å². The van der Waals surface area contributed by atoms with Gasteiger partial charge in [0.2, 0.25) is 0 Å². The van der Waals surface area contributed by atoms with Crippen molar-refractivity contribution < 1.29 is 18.9 Å². The molecule has 0 spiro atoms. The highest BCUT2D eigenvalue weighted by Crippen LogP contribution is 2.28. The molecule has 2 unspecified atom stereocenters. The molecule has 24 heavy (non-hydrogen) atoms. The minimum Gasteiger partial charge on any atom is -0.465 e. The van der Waals surface area contributed by atoms with Crippen LogP contribution in [-0.4, -0.2) is 18.4 Å². The molecule has 2 aromatic carbocycles. The van der Waals surface area contributed by atoms with E-state index in [0.29, 0.717) is 25.3 Å². The molecular formula is C18H20ClO4P. The van der Waals surface area contributed by atoms with E-state index in [9.17, 15) is 9.59 Å². The summed E-state index contributed by atoms with van der Waals surface area (Å²) in [5, 5.41) is 0.343. The normalized spacial score (nSPS) is 11.1. The second-order valence-electron chi connectivity index (χ2n) is 4.89. The standard InChI is InChI=1S/C18H17ClO3.H3OP/c1-3-22-18(21)16(13-9-5-4-6-10-13)17(20)15-12(2)8-7-11-14(15)19;1-2/h4-11,16H,3H2,1-2H3;2H3. The molecule has 128 valence electrons.